The van der Waals surface area contributed by atoms with Gasteiger partial charge in [0.25, 0.3) is 0 Å². The molecule has 1 aromatic heterocycles. The van der Waals surface area contributed by atoms with Crippen LogP contribution in [0, 0.1) is 0 Å². The molecular weight excluding hydrogens is 166 g/mol. The van der Waals surface area contributed by atoms with Crippen LogP contribution in [0.15, 0.2) is 22.8 Å². The average molecular weight is 183 g/mol. The maximum atomic E-state index is 5.96. The quantitative estimate of drug-likeness (QED) is 0.760. The summed E-state index contributed by atoms with van der Waals surface area (Å²) >= 11 is 0. The average Bonchev–Trinajstić information content (AvgIpc) is 2.65. The second kappa shape index (κ2) is 5.04. The van der Waals surface area contributed by atoms with Crippen LogP contribution >= 0.6 is 0 Å². The third-order valence-electron chi connectivity index (χ3n) is 2.15. The van der Waals surface area contributed by atoms with Crippen LogP contribution in [-0.2, 0) is 4.74 Å². The predicted molar refractivity (Wildman–Crippen MR) is 51.3 cm³/mol. The van der Waals surface area contributed by atoms with Gasteiger partial charge in [-0.2, -0.15) is 0 Å². The molecule has 0 saturated heterocycles. The predicted octanol–water partition coefficient (Wildman–Crippen LogP) is 2.09. The number of ether oxygens (including phenoxy) is 1. The summed E-state index contributed by atoms with van der Waals surface area (Å²) in [5.74, 6) is 0.792. The Bertz CT molecular complexity index is 221. The van der Waals surface area contributed by atoms with Crippen LogP contribution in [0.2, 0.25) is 0 Å². The molecule has 0 aliphatic rings. The molecule has 74 valence electrons. The summed E-state index contributed by atoms with van der Waals surface area (Å²) in [5, 5.41) is 0. The normalized spacial score (nSPS) is 15.6. The third kappa shape index (κ3) is 2.57. The summed E-state index contributed by atoms with van der Waals surface area (Å²) in [6.45, 7) is 2.11. The minimum Gasteiger partial charge on any atom is -0.468 e. The lowest BCUT2D eigenvalue weighted by atomic mass is 10.1. The first-order chi connectivity index (χ1) is 6.29. The van der Waals surface area contributed by atoms with Crippen molar-refractivity contribution in [3.8, 4) is 0 Å². The van der Waals surface area contributed by atoms with Crippen LogP contribution in [0.3, 0.4) is 0 Å². The molecule has 0 saturated carbocycles. The van der Waals surface area contributed by atoms with Gasteiger partial charge in [-0.1, -0.05) is 13.3 Å². The lowest BCUT2D eigenvalue weighted by molar-refractivity contribution is 0.0663. The van der Waals surface area contributed by atoms with Crippen molar-refractivity contribution < 1.29 is 9.15 Å². The van der Waals surface area contributed by atoms with Crippen LogP contribution in [0.5, 0.6) is 0 Å². The maximum Gasteiger partial charge on any atom is 0.123 e. The zero-order valence-corrected chi connectivity index (χ0v) is 8.19. The molecule has 0 spiro atoms. The summed E-state index contributed by atoms with van der Waals surface area (Å²) in [4.78, 5) is 0. The largest absolute Gasteiger partial charge is 0.468 e. The van der Waals surface area contributed by atoms with Crippen molar-refractivity contribution in [3.05, 3.63) is 24.2 Å². The number of rotatable bonds is 5. The van der Waals surface area contributed by atoms with Gasteiger partial charge in [0.05, 0.1) is 18.4 Å². The highest BCUT2D eigenvalue weighted by Crippen LogP contribution is 2.19. The third-order valence-corrected chi connectivity index (χ3v) is 2.15. The second-order valence-electron chi connectivity index (χ2n) is 3.10. The molecule has 0 aliphatic heterocycles. The molecule has 0 fully saturated rings. The van der Waals surface area contributed by atoms with Gasteiger partial charge in [0, 0.05) is 7.11 Å². The van der Waals surface area contributed by atoms with Crippen molar-refractivity contribution in [1.82, 2.24) is 0 Å². The van der Waals surface area contributed by atoms with Crippen LogP contribution in [0.1, 0.15) is 31.6 Å². The molecule has 2 unspecified atom stereocenters. The Labute approximate surface area is 78.9 Å². The molecule has 1 heterocycles. The molecule has 3 heteroatoms. The SMILES string of the molecule is CCCC(OC)C(N)c1ccco1. The van der Waals surface area contributed by atoms with Crippen molar-refractivity contribution in [2.75, 3.05) is 7.11 Å². The highest BCUT2D eigenvalue weighted by atomic mass is 16.5. The Balaban J connectivity index is 2.58. The van der Waals surface area contributed by atoms with E-state index in [4.69, 9.17) is 14.9 Å². The van der Waals surface area contributed by atoms with E-state index in [0.29, 0.717) is 0 Å². The van der Waals surface area contributed by atoms with E-state index < -0.39 is 0 Å². The molecule has 3 nitrogen and oxygen atoms in total. The van der Waals surface area contributed by atoms with Crippen LogP contribution in [0.25, 0.3) is 0 Å². The summed E-state index contributed by atoms with van der Waals surface area (Å²) < 4.78 is 10.5. The first-order valence-electron chi connectivity index (χ1n) is 4.61. The smallest absolute Gasteiger partial charge is 0.123 e. The van der Waals surface area contributed by atoms with Crippen molar-refractivity contribution in [2.45, 2.75) is 31.9 Å². The molecule has 0 bridgehead atoms. The molecule has 0 amide bonds. The Morgan fingerprint density at radius 3 is 2.85 bits per heavy atom. The van der Waals surface area contributed by atoms with Crippen LogP contribution in [-0.4, -0.2) is 13.2 Å². The zero-order chi connectivity index (χ0) is 9.68. The van der Waals surface area contributed by atoms with E-state index in [0.717, 1.165) is 18.6 Å². The molecule has 2 N–H and O–H groups in total. The summed E-state index contributed by atoms with van der Waals surface area (Å²) in [5.41, 5.74) is 5.96. The lowest BCUT2D eigenvalue weighted by Crippen LogP contribution is -2.27. The maximum absolute atomic E-state index is 5.96. The van der Waals surface area contributed by atoms with E-state index in [1.165, 1.54) is 0 Å². The van der Waals surface area contributed by atoms with Gasteiger partial charge in [-0.3, -0.25) is 0 Å². The van der Waals surface area contributed by atoms with Gasteiger partial charge < -0.3 is 14.9 Å². The van der Waals surface area contributed by atoms with Gasteiger partial charge in [-0.15, -0.1) is 0 Å². The Morgan fingerprint density at radius 1 is 1.62 bits per heavy atom. The topological polar surface area (TPSA) is 48.4 Å². The monoisotopic (exact) mass is 183 g/mol. The Morgan fingerprint density at radius 2 is 2.38 bits per heavy atom. The highest BCUT2D eigenvalue weighted by Gasteiger charge is 2.19. The molecular formula is C10H17NO2. The number of furan rings is 1. The highest BCUT2D eigenvalue weighted by molar-refractivity contribution is 5.05. The zero-order valence-electron chi connectivity index (χ0n) is 8.19. The van der Waals surface area contributed by atoms with Crippen molar-refractivity contribution >= 4 is 0 Å². The van der Waals surface area contributed by atoms with Gasteiger partial charge in [0.2, 0.25) is 0 Å². The standard InChI is InChI=1S/C10H17NO2/c1-3-5-8(12-2)10(11)9-6-4-7-13-9/h4,6-8,10H,3,5,11H2,1-2H3. The summed E-state index contributed by atoms with van der Waals surface area (Å²) in [7, 11) is 1.68. The second-order valence-corrected chi connectivity index (χ2v) is 3.10. The minimum atomic E-state index is -0.153. The molecule has 2 atom stereocenters. The van der Waals surface area contributed by atoms with Crippen molar-refractivity contribution in [2.24, 2.45) is 5.73 Å². The fourth-order valence-electron chi connectivity index (χ4n) is 1.39. The first-order valence-corrected chi connectivity index (χ1v) is 4.61. The van der Waals surface area contributed by atoms with Gasteiger partial charge in [0.1, 0.15) is 5.76 Å². The van der Waals surface area contributed by atoms with E-state index in [2.05, 4.69) is 6.92 Å². The van der Waals surface area contributed by atoms with E-state index >= 15 is 0 Å². The molecule has 1 aromatic rings. The van der Waals surface area contributed by atoms with Gasteiger partial charge in [-0.05, 0) is 18.6 Å². The van der Waals surface area contributed by atoms with E-state index in [1.807, 2.05) is 12.1 Å². The lowest BCUT2D eigenvalue weighted by Gasteiger charge is -2.19. The number of nitrogens with two attached hydrogens (primary N) is 1. The molecule has 13 heavy (non-hydrogen) atoms. The summed E-state index contributed by atoms with van der Waals surface area (Å²) in [6.07, 6.45) is 3.70. The van der Waals surface area contributed by atoms with Crippen molar-refractivity contribution in [3.63, 3.8) is 0 Å². The molecule has 1 rings (SSSR count). The van der Waals surface area contributed by atoms with Crippen LogP contribution in [0.4, 0.5) is 0 Å². The van der Waals surface area contributed by atoms with Gasteiger partial charge >= 0.3 is 0 Å². The molecule has 0 aromatic carbocycles. The van der Waals surface area contributed by atoms with E-state index in [-0.39, 0.29) is 12.1 Å². The number of hydrogen-bond donors (Lipinski definition) is 1. The first kappa shape index (κ1) is 10.3. The minimum absolute atomic E-state index is 0.0520. The fourth-order valence-corrected chi connectivity index (χ4v) is 1.39. The Kier molecular flexibility index (Phi) is 3.99. The van der Waals surface area contributed by atoms with Crippen molar-refractivity contribution in [1.29, 1.82) is 0 Å². The number of methoxy groups -OCH3 is 1. The van der Waals surface area contributed by atoms with E-state index in [9.17, 15) is 0 Å². The fraction of sp³-hybridized carbons (Fsp3) is 0.600. The van der Waals surface area contributed by atoms with Gasteiger partial charge in [0.15, 0.2) is 0 Å². The molecule has 0 radical (unpaired) electrons. The van der Waals surface area contributed by atoms with Gasteiger partial charge in [-0.25, -0.2) is 0 Å². The summed E-state index contributed by atoms with van der Waals surface area (Å²) in [6, 6.07) is 3.57. The molecule has 0 aliphatic carbocycles. The Hall–Kier alpha value is -0.800. The van der Waals surface area contributed by atoms with Crippen LogP contribution < -0.4 is 5.73 Å². The number of hydrogen-bond acceptors (Lipinski definition) is 3. The van der Waals surface area contributed by atoms with E-state index in [1.54, 1.807) is 13.4 Å².